The van der Waals surface area contributed by atoms with E-state index in [0.29, 0.717) is 5.92 Å². The van der Waals surface area contributed by atoms with Crippen molar-refractivity contribution < 1.29 is 10.2 Å². The first-order valence-electron chi connectivity index (χ1n) is 10.8. The van der Waals surface area contributed by atoms with Crippen molar-refractivity contribution >= 4 is 0 Å². The Hall–Kier alpha value is -1.30. The van der Waals surface area contributed by atoms with Crippen molar-refractivity contribution in [2.75, 3.05) is 0 Å². The van der Waals surface area contributed by atoms with Gasteiger partial charge in [-0.15, -0.1) is 0 Å². The Balaban J connectivity index is 1.66. The van der Waals surface area contributed by atoms with Crippen LogP contribution in [0.15, 0.2) is 34.9 Å². The number of hydrogen-bond acceptors (Lipinski definition) is 2. The Kier molecular flexibility index (Phi) is 6.34. The van der Waals surface area contributed by atoms with E-state index in [2.05, 4.69) is 37.0 Å². The molecule has 0 amide bonds. The summed E-state index contributed by atoms with van der Waals surface area (Å²) >= 11 is 0. The smallest absolute Gasteiger partial charge is 0.119 e. The zero-order valence-corrected chi connectivity index (χ0v) is 17.4. The summed E-state index contributed by atoms with van der Waals surface area (Å²) in [6.45, 7) is 5.93. The maximum absolute atomic E-state index is 9.90. The monoisotopic (exact) mass is 368 g/mol. The Labute approximate surface area is 165 Å². The van der Waals surface area contributed by atoms with Gasteiger partial charge in [0.25, 0.3) is 0 Å². The molecular formula is C25H36O2. The topological polar surface area (TPSA) is 40.5 Å². The van der Waals surface area contributed by atoms with Gasteiger partial charge in [-0.05, 0) is 83.0 Å². The molecule has 0 heterocycles. The van der Waals surface area contributed by atoms with Gasteiger partial charge in [0.1, 0.15) is 5.60 Å². The van der Waals surface area contributed by atoms with Gasteiger partial charge in [-0.2, -0.15) is 0 Å². The number of aliphatic hydroxyl groups is 2. The molecule has 27 heavy (non-hydrogen) atoms. The van der Waals surface area contributed by atoms with E-state index in [1.165, 1.54) is 24.8 Å². The fourth-order valence-corrected chi connectivity index (χ4v) is 5.22. The second kappa shape index (κ2) is 8.38. The molecule has 0 radical (unpaired) electrons. The molecule has 3 atom stereocenters. The molecule has 0 spiro atoms. The van der Waals surface area contributed by atoms with Gasteiger partial charge >= 0.3 is 0 Å². The van der Waals surface area contributed by atoms with E-state index < -0.39 is 5.60 Å². The number of fused-ring (bicyclic) bond motifs is 1. The highest BCUT2D eigenvalue weighted by atomic mass is 16.3. The third-order valence-electron chi connectivity index (χ3n) is 6.69. The SMILES string of the molecule is CC(C)(O)C#CCCC1=CCC2/C(=C/C=C3/CCC[C@H](O)C3)CCCC12C. The third-order valence-corrected chi connectivity index (χ3v) is 6.69. The standard InChI is InChI=1S/C25H36O2/c1-24(2,27)16-5-4-10-21-14-15-23-20(9-7-17-25(21,23)3)13-12-19-8-6-11-22(26)18-19/h12-14,22-23,26-27H,4,6-11,15,17-18H2,1-3H3/b19-12-,20-13+/t22-,23?,25?/m0/s1. The Morgan fingerprint density at radius 3 is 2.81 bits per heavy atom. The number of hydrogen-bond donors (Lipinski definition) is 2. The van der Waals surface area contributed by atoms with Crippen LogP contribution in [0.1, 0.15) is 85.0 Å². The predicted octanol–water partition coefficient (Wildman–Crippen LogP) is 5.47. The van der Waals surface area contributed by atoms with Crippen molar-refractivity contribution in [1.82, 2.24) is 0 Å². The summed E-state index contributed by atoms with van der Waals surface area (Å²) in [4.78, 5) is 0. The Morgan fingerprint density at radius 2 is 2.07 bits per heavy atom. The molecule has 2 unspecified atom stereocenters. The summed E-state index contributed by atoms with van der Waals surface area (Å²) in [5, 5.41) is 19.6. The fourth-order valence-electron chi connectivity index (χ4n) is 5.22. The molecule has 3 aliphatic rings. The van der Waals surface area contributed by atoms with E-state index in [9.17, 15) is 10.2 Å². The largest absolute Gasteiger partial charge is 0.393 e. The van der Waals surface area contributed by atoms with E-state index in [1.54, 1.807) is 25.0 Å². The molecule has 0 aromatic carbocycles. The third kappa shape index (κ3) is 5.15. The minimum Gasteiger partial charge on any atom is -0.393 e. The summed E-state index contributed by atoms with van der Waals surface area (Å²) < 4.78 is 0. The van der Waals surface area contributed by atoms with Crippen molar-refractivity contribution in [3.05, 3.63) is 34.9 Å². The van der Waals surface area contributed by atoms with Crippen LogP contribution in [0.25, 0.3) is 0 Å². The van der Waals surface area contributed by atoms with E-state index >= 15 is 0 Å². The van der Waals surface area contributed by atoms with Gasteiger partial charge < -0.3 is 10.2 Å². The Bertz CT molecular complexity index is 692. The predicted molar refractivity (Wildman–Crippen MR) is 112 cm³/mol. The summed E-state index contributed by atoms with van der Waals surface area (Å²) in [5.41, 5.74) is 3.98. The number of rotatable bonds is 3. The van der Waals surface area contributed by atoms with Crippen LogP contribution in [0.3, 0.4) is 0 Å². The number of aliphatic hydroxyl groups excluding tert-OH is 1. The molecule has 3 rings (SSSR count). The van der Waals surface area contributed by atoms with Crippen LogP contribution in [0, 0.1) is 23.2 Å². The van der Waals surface area contributed by atoms with Gasteiger partial charge in [-0.25, -0.2) is 0 Å². The van der Waals surface area contributed by atoms with Gasteiger partial charge in [0.15, 0.2) is 0 Å². The van der Waals surface area contributed by atoms with Crippen LogP contribution in [-0.4, -0.2) is 21.9 Å². The second-order valence-corrected chi connectivity index (χ2v) is 9.47. The lowest BCUT2D eigenvalue weighted by molar-refractivity contribution is 0.143. The van der Waals surface area contributed by atoms with E-state index in [0.717, 1.165) is 44.9 Å². The normalized spacial score (nSPS) is 34.2. The van der Waals surface area contributed by atoms with Crippen molar-refractivity contribution in [3.8, 4) is 11.8 Å². The van der Waals surface area contributed by atoms with Crippen LogP contribution in [0.5, 0.6) is 0 Å². The van der Waals surface area contributed by atoms with Gasteiger partial charge in [0.05, 0.1) is 6.10 Å². The van der Waals surface area contributed by atoms with E-state index in [1.807, 2.05) is 0 Å². The van der Waals surface area contributed by atoms with Gasteiger partial charge in [-0.3, -0.25) is 0 Å². The van der Waals surface area contributed by atoms with Crippen molar-refractivity contribution in [1.29, 1.82) is 0 Å². The van der Waals surface area contributed by atoms with Crippen LogP contribution < -0.4 is 0 Å². The molecule has 2 fully saturated rings. The van der Waals surface area contributed by atoms with Crippen molar-refractivity contribution in [2.24, 2.45) is 11.3 Å². The first kappa shape index (κ1) is 20.4. The summed E-state index contributed by atoms with van der Waals surface area (Å²) in [6, 6.07) is 0. The average Bonchev–Trinajstić information content (AvgIpc) is 2.93. The molecule has 2 nitrogen and oxygen atoms in total. The van der Waals surface area contributed by atoms with Crippen LogP contribution in [-0.2, 0) is 0 Å². The molecule has 2 heteroatoms. The molecule has 0 aliphatic heterocycles. The number of allylic oxidation sites excluding steroid dienone is 5. The molecule has 3 aliphatic carbocycles. The van der Waals surface area contributed by atoms with Crippen molar-refractivity contribution in [2.45, 2.75) is 96.7 Å². The van der Waals surface area contributed by atoms with Gasteiger partial charge in [0.2, 0.25) is 0 Å². The summed E-state index contributed by atoms with van der Waals surface area (Å²) in [6.07, 6.45) is 17.9. The lowest BCUT2D eigenvalue weighted by atomic mass is 9.63. The minimum absolute atomic E-state index is 0.134. The second-order valence-electron chi connectivity index (χ2n) is 9.47. The van der Waals surface area contributed by atoms with Crippen LogP contribution in [0.2, 0.25) is 0 Å². The molecule has 2 N–H and O–H groups in total. The van der Waals surface area contributed by atoms with Gasteiger partial charge in [0, 0.05) is 6.42 Å². The van der Waals surface area contributed by atoms with Gasteiger partial charge in [-0.1, -0.05) is 53.7 Å². The molecule has 0 aromatic rings. The highest BCUT2D eigenvalue weighted by Gasteiger charge is 2.44. The van der Waals surface area contributed by atoms with E-state index in [-0.39, 0.29) is 11.5 Å². The van der Waals surface area contributed by atoms with Crippen LogP contribution >= 0.6 is 0 Å². The quantitative estimate of drug-likeness (QED) is 0.512. The minimum atomic E-state index is -0.891. The molecule has 2 saturated carbocycles. The molecule has 0 saturated heterocycles. The van der Waals surface area contributed by atoms with E-state index in [4.69, 9.17) is 0 Å². The highest BCUT2D eigenvalue weighted by Crippen LogP contribution is 2.55. The molecule has 148 valence electrons. The maximum Gasteiger partial charge on any atom is 0.119 e. The molecular weight excluding hydrogens is 332 g/mol. The lowest BCUT2D eigenvalue weighted by Crippen LogP contribution is -2.30. The summed E-state index contributed by atoms with van der Waals surface area (Å²) in [7, 11) is 0. The summed E-state index contributed by atoms with van der Waals surface area (Å²) in [5.74, 6) is 6.73. The fraction of sp³-hybridized carbons (Fsp3) is 0.680. The first-order chi connectivity index (χ1) is 12.8. The Morgan fingerprint density at radius 1 is 1.26 bits per heavy atom. The average molecular weight is 369 g/mol. The zero-order chi connectivity index (χ0) is 19.5. The zero-order valence-electron chi connectivity index (χ0n) is 17.4. The maximum atomic E-state index is 9.90. The van der Waals surface area contributed by atoms with Crippen LogP contribution in [0.4, 0.5) is 0 Å². The lowest BCUT2D eigenvalue weighted by Gasteiger charge is -2.41. The first-order valence-corrected chi connectivity index (χ1v) is 10.8. The highest BCUT2D eigenvalue weighted by molar-refractivity contribution is 5.34. The molecule has 0 bridgehead atoms. The van der Waals surface area contributed by atoms with Crippen molar-refractivity contribution in [3.63, 3.8) is 0 Å². The molecule has 0 aromatic heterocycles.